The highest BCUT2D eigenvalue weighted by Gasteiger charge is 2.22. The van der Waals surface area contributed by atoms with Gasteiger partial charge in [-0.3, -0.25) is 9.98 Å². The standard InChI is InChI=1S/C18H27N7O.HI/c1-13-10-20-8-6-14(13)7-9-21-18(19-2)22-15-4-5-17-23-16(12-26-3)24-25(17)11-15;/h6,8,10,15H,4-5,7,9,11-12H2,1-3H3,(H2,19,21,22);1H. The summed E-state index contributed by atoms with van der Waals surface area (Å²) in [6.07, 6.45) is 6.59. The van der Waals surface area contributed by atoms with E-state index in [0.717, 1.165) is 50.0 Å². The molecule has 2 aromatic heterocycles. The molecule has 8 nitrogen and oxygen atoms in total. The van der Waals surface area contributed by atoms with Crippen molar-refractivity contribution in [2.75, 3.05) is 20.7 Å². The lowest BCUT2D eigenvalue weighted by Crippen LogP contribution is -2.47. The fourth-order valence-electron chi connectivity index (χ4n) is 3.15. The molecule has 0 aromatic carbocycles. The van der Waals surface area contributed by atoms with Gasteiger partial charge in [-0.2, -0.15) is 5.10 Å². The lowest BCUT2D eigenvalue weighted by atomic mass is 10.1. The van der Waals surface area contributed by atoms with Crippen LogP contribution in [0.5, 0.6) is 0 Å². The van der Waals surface area contributed by atoms with Crippen LogP contribution in [-0.2, 0) is 30.7 Å². The van der Waals surface area contributed by atoms with Crippen molar-refractivity contribution in [1.29, 1.82) is 0 Å². The first-order valence-electron chi connectivity index (χ1n) is 8.97. The molecule has 0 saturated carbocycles. The molecule has 0 aliphatic carbocycles. The number of guanidine groups is 1. The van der Waals surface area contributed by atoms with Crippen LogP contribution in [0.1, 0.15) is 29.2 Å². The summed E-state index contributed by atoms with van der Waals surface area (Å²) in [4.78, 5) is 13.0. The van der Waals surface area contributed by atoms with Crippen molar-refractivity contribution >= 4 is 29.9 Å². The van der Waals surface area contributed by atoms with Gasteiger partial charge in [0, 0.05) is 45.6 Å². The zero-order valence-corrected chi connectivity index (χ0v) is 18.4. The topological polar surface area (TPSA) is 89.2 Å². The first kappa shape index (κ1) is 21.5. The Kier molecular flexibility index (Phi) is 8.42. The Morgan fingerprint density at radius 2 is 2.30 bits per heavy atom. The molecule has 3 rings (SSSR count). The molecule has 1 aliphatic heterocycles. The van der Waals surface area contributed by atoms with Crippen LogP contribution in [0, 0.1) is 6.92 Å². The third kappa shape index (κ3) is 5.86. The molecule has 0 bridgehead atoms. The second kappa shape index (κ2) is 10.5. The molecule has 0 radical (unpaired) electrons. The predicted molar refractivity (Wildman–Crippen MR) is 115 cm³/mol. The summed E-state index contributed by atoms with van der Waals surface area (Å²) < 4.78 is 7.09. The number of methoxy groups -OCH3 is 1. The fourth-order valence-corrected chi connectivity index (χ4v) is 3.15. The quantitative estimate of drug-likeness (QED) is 0.366. The minimum atomic E-state index is 0. The normalized spacial score (nSPS) is 16.4. The Balaban J connectivity index is 0.00000261. The summed E-state index contributed by atoms with van der Waals surface area (Å²) in [5, 5.41) is 11.4. The van der Waals surface area contributed by atoms with Gasteiger partial charge in [0.2, 0.25) is 0 Å². The number of hydrogen-bond donors (Lipinski definition) is 2. The van der Waals surface area contributed by atoms with Gasteiger partial charge >= 0.3 is 0 Å². The van der Waals surface area contributed by atoms with E-state index in [-0.39, 0.29) is 30.0 Å². The van der Waals surface area contributed by atoms with Crippen molar-refractivity contribution in [3.8, 4) is 0 Å². The van der Waals surface area contributed by atoms with Gasteiger partial charge in [-0.1, -0.05) is 0 Å². The first-order chi connectivity index (χ1) is 12.7. The van der Waals surface area contributed by atoms with E-state index in [1.54, 1.807) is 14.2 Å². The first-order valence-corrected chi connectivity index (χ1v) is 8.97. The van der Waals surface area contributed by atoms with Crippen molar-refractivity contribution in [2.24, 2.45) is 4.99 Å². The number of rotatable bonds is 6. The number of pyridine rings is 1. The largest absolute Gasteiger partial charge is 0.377 e. The maximum atomic E-state index is 5.12. The molecule has 2 aromatic rings. The van der Waals surface area contributed by atoms with E-state index in [1.807, 2.05) is 17.1 Å². The Labute approximate surface area is 177 Å². The fraction of sp³-hybridized carbons (Fsp3) is 0.556. The highest BCUT2D eigenvalue weighted by Crippen LogP contribution is 2.13. The van der Waals surface area contributed by atoms with Gasteiger partial charge in [0.05, 0.1) is 6.54 Å². The van der Waals surface area contributed by atoms with E-state index < -0.39 is 0 Å². The van der Waals surface area contributed by atoms with E-state index in [9.17, 15) is 0 Å². The molecule has 1 aliphatic rings. The predicted octanol–water partition coefficient (Wildman–Crippen LogP) is 1.47. The maximum Gasteiger partial charge on any atom is 0.191 e. The van der Waals surface area contributed by atoms with Crippen LogP contribution < -0.4 is 10.6 Å². The van der Waals surface area contributed by atoms with Crippen molar-refractivity contribution < 1.29 is 4.74 Å². The highest BCUT2D eigenvalue weighted by molar-refractivity contribution is 14.0. The Morgan fingerprint density at radius 1 is 1.44 bits per heavy atom. The van der Waals surface area contributed by atoms with Crippen molar-refractivity contribution in [3.05, 3.63) is 41.2 Å². The van der Waals surface area contributed by atoms with Gasteiger partial charge in [0.15, 0.2) is 11.8 Å². The molecule has 27 heavy (non-hydrogen) atoms. The van der Waals surface area contributed by atoms with Gasteiger partial charge in [0.1, 0.15) is 12.4 Å². The van der Waals surface area contributed by atoms with Crippen LogP contribution in [0.3, 0.4) is 0 Å². The smallest absolute Gasteiger partial charge is 0.191 e. The molecule has 0 fully saturated rings. The third-order valence-electron chi connectivity index (χ3n) is 4.56. The number of halogens is 1. The molecule has 3 heterocycles. The van der Waals surface area contributed by atoms with E-state index in [4.69, 9.17) is 4.74 Å². The van der Waals surface area contributed by atoms with Gasteiger partial charge in [-0.25, -0.2) is 9.67 Å². The molecular weight excluding hydrogens is 457 g/mol. The van der Waals surface area contributed by atoms with Gasteiger partial charge in [-0.15, -0.1) is 24.0 Å². The van der Waals surface area contributed by atoms with Crippen LogP contribution >= 0.6 is 24.0 Å². The average molecular weight is 485 g/mol. The average Bonchev–Trinajstić information content (AvgIpc) is 3.04. The summed E-state index contributed by atoms with van der Waals surface area (Å²) in [5.41, 5.74) is 2.52. The van der Waals surface area contributed by atoms with E-state index in [0.29, 0.717) is 6.61 Å². The second-order valence-corrected chi connectivity index (χ2v) is 6.49. The Hall–Kier alpha value is -1.75. The van der Waals surface area contributed by atoms with Gasteiger partial charge in [-0.05, 0) is 37.0 Å². The van der Waals surface area contributed by atoms with Crippen LogP contribution in [0.25, 0.3) is 0 Å². The summed E-state index contributed by atoms with van der Waals surface area (Å²) in [5.74, 6) is 2.60. The number of aliphatic imine (C=N–C) groups is 1. The van der Waals surface area contributed by atoms with E-state index in [1.165, 1.54) is 11.1 Å². The summed E-state index contributed by atoms with van der Waals surface area (Å²) in [6.45, 7) is 4.15. The van der Waals surface area contributed by atoms with Crippen LogP contribution in [0.4, 0.5) is 0 Å². The van der Waals surface area contributed by atoms with Crippen LogP contribution in [-0.4, -0.2) is 52.5 Å². The Bertz CT molecular complexity index is 762. The molecule has 0 saturated heterocycles. The molecule has 0 spiro atoms. The van der Waals surface area contributed by atoms with E-state index >= 15 is 0 Å². The number of nitrogens with zero attached hydrogens (tertiary/aromatic N) is 5. The summed E-state index contributed by atoms with van der Waals surface area (Å²) in [6, 6.07) is 2.35. The summed E-state index contributed by atoms with van der Waals surface area (Å²) >= 11 is 0. The molecule has 1 atom stereocenters. The highest BCUT2D eigenvalue weighted by atomic mass is 127. The molecule has 2 N–H and O–H groups in total. The number of ether oxygens (including phenoxy) is 1. The minimum Gasteiger partial charge on any atom is -0.377 e. The Morgan fingerprint density at radius 3 is 3.04 bits per heavy atom. The maximum absolute atomic E-state index is 5.12. The zero-order valence-electron chi connectivity index (χ0n) is 16.1. The molecule has 148 valence electrons. The molecule has 0 amide bonds. The van der Waals surface area contributed by atoms with Crippen LogP contribution in [0.15, 0.2) is 23.5 Å². The number of nitrogens with one attached hydrogen (secondary N) is 2. The van der Waals surface area contributed by atoms with Crippen LogP contribution in [0.2, 0.25) is 0 Å². The second-order valence-electron chi connectivity index (χ2n) is 6.49. The number of aromatic nitrogens is 4. The number of fused-ring (bicyclic) bond motifs is 1. The zero-order chi connectivity index (χ0) is 18.4. The number of aryl methyl sites for hydroxylation is 2. The number of hydrogen-bond acceptors (Lipinski definition) is 5. The monoisotopic (exact) mass is 485 g/mol. The SMILES string of the molecule is CN=C(NCCc1ccncc1C)NC1CCc2nc(COC)nn2C1.I. The lowest BCUT2D eigenvalue weighted by Gasteiger charge is -2.25. The molecular formula is C18H28IN7O. The molecule has 9 heteroatoms. The van der Waals surface area contributed by atoms with E-state index in [2.05, 4.69) is 43.7 Å². The third-order valence-corrected chi connectivity index (χ3v) is 4.56. The van der Waals surface area contributed by atoms with Crippen molar-refractivity contribution in [1.82, 2.24) is 30.4 Å². The van der Waals surface area contributed by atoms with Gasteiger partial charge in [0.25, 0.3) is 0 Å². The lowest BCUT2D eigenvalue weighted by molar-refractivity contribution is 0.177. The van der Waals surface area contributed by atoms with Gasteiger partial charge < -0.3 is 15.4 Å². The molecule has 1 unspecified atom stereocenters. The minimum absolute atomic E-state index is 0. The van der Waals surface area contributed by atoms with Crippen molar-refractivity contribution in [3.63, 3.8) is 0 Å². The van der Waals surface area contributed by atoms with Crippen molar-refractivity contribution in [2.45, 2.75) is 45.4 Å². The summed E-state index contributed by atoms with van der Waals surface area (Å²) in [7, 11) is 3.46.